The molecule has 0 saturated carbocycles. The molecule has 4 heteroatoms. The minimum Gasteiger partial charge on any atom is -0.497 e. The van der Waals surface area contributed by atoms with Crippen LogP contribution in [0.5, 0.6) is 5.75 Å². The third kappa shape index (κ3) is 3.09. The number of aromatic nitrogens is 1. The van der Waals surface area contributed by atoms with E-state index in [2.05, 4.69) is 29.4 Å². The molecule has 2 rings (SSSR count). The first-order valence-electron chi connectivity index (χ1n) is 5.97. The van der Waals surface area contributed by atoms with Gasteiger partial charge in [-0.15, -0.1) is 11.3 Å². The van der Waals surface area contributed by atoms with Crippen molar-refractivity contribution in [2.45, 2.75) is 26.4 Å². The lowest BCUT2D eigenvalue weighted by Gasteiger charge is -2.14. The Balaban J connectivity index is 1.94. The number of aryl methyl sites for hydroxylation is 1. The number of ether oxygens (including phenoxy) is 1. The van der Waals surface area contributed by atoms with Crippen LogP contribution in [-0.2, 0) is 6.54 Å². The first-order valence-corrected chi connectivity index (χ1v) is 6.85. The number of thiazole rings is 1. The van der Waals surface area contributed by atoms with Gasteiger partial charge >= 0.3 is 0 Å². The molecule has 0 spiro atoms. The molecule has 1 atom stereocenters. The number of methoxy groups -OCH3 is 1. The van der Waals surface area contributed by atoms with E-state index in [4.69, 9.17) is 4.74 Å². The van der Waals surface area contributed by atoms with Crippen molar-refractivity contribution in [1.82, 2.24) is 10.3 Å². The zero-order valence-electron chi connectivity index (χ0n) is 10.9. The zero-order valence-corrected chi connectivity index (χ0v) is 11.8. The summed E-state index contributed by atoms with van der Waals surface area (Å²) in [5, 5.41) is 3.51. The van der Waals surface area contributed by atoms with Crippen LogP contribution in [0.15, 0.2) is 29.8 Å². The molecule has 1 aromatic heterocycles. The van der Waals surface area contributed by atoms with E-state index >= 15 is 0 Å². The van der Waals surface area contributed by atoms with Gasteiger partial charge in [0.15, 0.2) is 0 Å². The second kappa shape index (κ2) is 5.98. The number of benzene rings is 1. The molecule has 0 radical (unpaired) electrons. The minimum absolute atomic E-state index is 0.317. The fraction of sp³-hybridized carbons (Fsp3) is 0.357. The lowest BCUT2D eigenvalue weighted by molar-refractivity contribution is 0.414. The van der Waals surface area contributed by atoms with Crippen molar-refractivity contribution in [1.29, 1.82) is 0 Å². The Hall–Kier alpha value is -1.39. The maximum absolute atomic E-state index is 5.16. The van der Waals surface area contributed by atoms with Crippen molar-refractivity contribution in [2.24, 2.45) is 0 Å². The maximum atomic E-state index is 5.16. The molecule has 1 aromatic carbocycles. The highest BCUT2D eigenvalue weighted by Gasteiger charge is 2.07. The average Bonchev–Trinajstić information content (AvgIpc) is 2.81. The van der Waals surface area contributed by atoms with E-state index < -0.39 is 0 Å². The summed E-state index contributed by atoms with van der Waals surface area (Å²) in [4.78, 5) is 5.55. The number of rotatable bonds is 5. The zero-order chi connectivity index (χ0) is 13.0. The van der Waals surface area contributed by atoms with E-state index in [1.807, 2.05) is 24.6 Å². The largest absolute Gasteiger partial charge is 0.497 e. The summed E-state index contributed by atoms with van der Waals surface area (Å²) in [6.07, 6.45) is 0. The van der Waals surface area contributed by atoms with Crippen LogP contribution in [0.3, 0.4) is 0 Å². The first kappa shape index (κ1) is 13.1. The Bertz CT molecular complexity index is 493. The van der Waals surface area contributed by atoms with E-state index in [-0.39, 0.29) is 0 Å². The van der Waals surface area contributed by atoms with Crippen molar-refractivity contribution < 1.29 is 4.74 Å². The maximum Gasteiger partial charge on any atom is 0.118 e. The van der Waals surface area contributed by atoms with Gasteiger partial charge in [-0.25, -0.2) is 4.98 Å². The van der Waals surface area contributed by atoms with Crippen LogP contribution >= 0.6 is 11.3 Å². The Kier molecular flexibility index (Phi) is 4.33. The van der Waals surface area contributed by atoms with Crippen molar-refractivity contribution in [3.8, 4) is 5.75 Å². The van der Waals surface area contributed by atoms with Crippen molar-refractivity contribution in [3.63, 3.8) is 0 Å². The van der Waals surface area contributed by atoms with Gasteiger partial charge in [0.2, 0.25) is 0 Å². The average molecular weight is 262 g/mol. The van der Waals surface area contributed by atoms with Gasteiger partial charge in [-0.05, 0) is 31.5 Å². The summed E-state index contributed by atoms with van der Waals surface area (Å²) >= 11 is 1.70. The third-order valence-electron chi connectivity index (χ3n) is 3.03. The van der Waals surface area contributed by atoms with Gasteiger partial charge in [-0.1, -0.05) is 12.1 Å². The normalized spacial score (nSPS) is 12.4. The van der Waals surface area contributed by atoms with Crippen LogP contribution in [-0.4, -0.2) is 12.1 Å². The summed E-state index contributed by atoms with van der Waals surface area (Å²) < 4.78 is 5.16. The predicted octanol–water partition coefficient (Wildman–Crippen LogP) is 3.31. The number of nitrogens with zero attached hydrogens (tertiary/aromatic N) is 1. The quantitative estimate of drug-likeness (QED) is 0.897. The van der Waals surface area contributed by atoms with Crippen LogP contribution in [0.25, 0.3) is 0 Å². The highest BCUT2D eigenvalue weighted by molar-refractivity contribution is 7.09. The lowest BCUT2D eigenvalue weighted by Crippen LogP contribution is -2.17. The van der Waals surface area contributed by atoms with E-state index in [0.717, 1.165) is 18.0 Å². The van der Waals surface area contributed by atoms with Crippen LogP contribution in [0.4, 0.5) is 0 Å². The molecule has 18 heavy (non-hydrogen) atoms. The molecule has 1 N–H and O–H groups in total. The van der Waals surface area contributed by atoms with E-state index in [1.54, 1.807) is 18.4 Å². The van der Waals surface area contributed by atoms with Gasteiger partial charge in [0.05, 0.1) is 18.3 Å². The fourth-order valence-corrected chi connectivity index (χ4v) is 2.48. The van der Waals surface area contributed by atoms with Gasteiger partial charge in [-0.3, -0.25) is 0 Å². The first-order chi connectivity index (χ1) is 8.70. The fourth-order valence-electron chi connectivity index (χ4n) is 1.75. The molecule has 0 amide bonds. The van der Waals surface area contributed by atoms with Crippen molar-refractivity contribution >= 4 is 11.3 Å². The van der Waals surface area contributed by atoms with Crippen LogP contribution in [0.2, 0.25) is 0 Å². The second-order valence-corrected chi connectivity index (χ2v) is 5.18. The molecule has 1 heterocycles. The van der Waals surface area contributed by atoms with Crippen LogP contribution in [0.1, 0.15) is 29.1 Å². The Morgan fingerprint density at radius 2 is 2.06 bits per heavy atom. The van der Waals surface area contributed by atoms with Gasteiger partial charge < -0.3 is 10.1 Å². The molecular weight excluding hydrogens is 244 g/mol. The molecule has 3 nitrogen and oxygen atoms in total. The Morgan fingerprint density at radius 3 is 2.61 bits per heavy atom. The van der Waals surface area contributed by atoms with Gasteiger partial charge in [0.1, 0.15) is 5.75 Å². The van der Waals surface area contributed by atoms with Crippen LogP contribution in [0, 0.1) is 6.92 Å². The number of nitrogens with one attached hydrogen (secondary N) is 1. The molecule has 0 aliphatic rings. The number of hydrogen-bond donors (Lipinski definition) is 1. The number of hydrogen-bond acceptors (Lipinski definition) is 4. The molecular formula is C14H18N2OS. The van der Waals surface area contributed by atoms with Gasteiger partial charge in [0.25, 0.3) is 0 Å². The van der Waals surface area contributed by atoms with Gasteiger partial charge in [0, 0.05) is 17.5 Å². The standard InChI is InChI=1S/C14H18N2OS/c1-10(12-4-6-13(17-3)7-5-12)15-8-14-11(2)16-9-18-14/h4-7,9-10,15H,8H2,1-3H3/t10-/m0/s1. The minimum atomic E-state index is 0.317. The summed E-state index contributed by atoms with van der Waals surface area (Å²) in [6, 6.07) is 8.49. The third-order valence-corrected chi connectivity index (χ3v) is 3.96. The van der Waals surface area contributed by atoms with E-state index in [9.17, 15) is 0 Å². The molecule has 0 fully saturated rings. The second-order valence-electron chi connectivity index (χ2n) is 4.24. The summed E-state index contributed by atoms with van der Waals surface area (Å²) in [6.45, 7) is 5.08. The topological polar surface area (TPSA) is 34.1 Å². The van der Waals surface area contributed by atoms with E-state index in [0.29, 0.717) is 6.04 Å². The highest BCUT2D eigenvalue weighted by Crippen LogP contribution is 2.19. The monoisotopic (exact) mass is 262 g/mol. The molecule has 0 unspecified atom stereocenters. The Labute approximate surface area is 112 Å². The molecule has 0 bridgehead atoms. The Morgan fingerprint density at radius 1 is 1.33 bits per heavy atom. The van der Waals surface area contributed by atoms with Crippen molar-refractivity contribution in [3.05, 3.63) is 45.9 Å². The lowest BCUT2D eigenvalue weighted by atomic mass is 10.1. The molecule has 2 aromatic rings. The SMILES string of the molecule is COc1ccc([C@H](C)NCc2scnc2C)cc1. The van der Waals surface area contributed by atoms with Crippen LogP contribution < -0.4 is 10.1 Å². The highest BCUT2D eigenvalue weighted by atomic mass is 32.1. The smallest absolute Gasteiger partial charge is 0.118 e. The molecule has 0 aliphatic heterocycles. The van der Waals surface area contributed by atoms with Crippen molar-refractivity contribution in [2.75, 3.05) is 7.11 Å². The summed E-state index contributed by atoms with van der Waals surface area (Å²) in [5.74, 6) is 0.893. The molecule has 0 aliphatic carbocycles. The van der Waals surface area contributed by atoms with E-state index in [1.165, 1.54) is 10.4 Å². The molecule has 96 valence electrons. The molecule has 0 saturated heterocycles. The predicted molar refractivity (Wildman–Crippen MR) is 75.1 cm³/mol. The van der Waals surface area contributed by atoms with Gasteiger partial charge in [-0.2, -0.15) is 0 Å². The summed E-state index contributed by atoms with van der Waals surface area (Å²) in [5.41, 5.74) is 4.28. The summed E-state index contributed by atoms with van der Waals surface area (Å²) in [7, 11) is 1.68.